The van der Waals surface area contributed by atoms with Crippen LogP contribution in [-0.4, -0.2) is 11.8 Å². The van der Waals surface area contributed by atoms with Gasteiger partial charge in [0.2, 0.25) is 5.91 Å². The number of carbonyl (C=O) groups excluding carboxylic acids is 2. The van der Waals surface area contributed by atoms with Crippen molar-refractivity contribution >= 4 is 23.2 Å². The van der Waals surface area contributed by atoms with Crippen LogP contribution in [-0.2, 0) is 4.79 Å². The molecule has 5 heteroatoms. The van der Waals surface area contributed by atoms with Crippen molar-refractivity contribution in [3.63, 3.8) is 0 Å². The van der Waals surface area contributed by atoms with Crippen LogP contribution in [0.1, 0.15) is 41.3 Å². The monoisotopic (exact) mass is 314 g/mol. The quantitative estimate of drug-likeness (QED) is 0.894. The third kappa shape index (κ3) is 3.80. The molecular formula is C18H22N2O3. The molecule has 122 valence electrons. The molecule has 2 amide bonds. The van der Waals surface area contributed by atoms with Gasteiger partial charge in [-0.2, -0.15) is 0 Å². The molecule has 0 bridgehead atoms. The summed E-state index contributed by atoms with van der Waals surface area (Å²) < 4.78 is 5.48. The molecule has 0 unspecified atom stereocenters. The summed E-state index contributed by atoms with van der Waals surface area (Å²) in [6, 6.07) is 7.03. The highest BCUT2D eigenvalue weighted by Crippen LogP contribution is 2.22. The van der Waals surface area contributed by atoms with E-state index in [0.29, 0.717) is 22.7 Å². The molecule has 1 heterocycles. The molecule has 0 atom stereocenters. The van der Waals surface area contributed by atoms with E-state index in [-0.39, 0.29) is 17.7 Å². The summed E-state index contributed by atoms with van der Waals surface area (Å²) in [6.45, 7) is 9.15. The van der Waals surface area contributed by atoms with Gasteiger partial charge in [0.15, 0.2) is 0 Å². The van der Waals surface area contributed by atoms with Gasteiger partial charge in [-0.25, -0.2) is 0 Å². The number of aryl methyl sites for hydroxylation is 2. The number of carbonyl (C=O) groups is 2. The Bertz CT molecular complexity index is 727. The van der Waals surface area contributed by atoms with E-state index < -0.39 is 0 Å². The van der Waals surface area contributed by atoms with Crippen molar-refractivity contribution in [3.05, 3.63) is 46.9 Å². The smallest absolute Gasteiger partial charge is 0.259 e. The molecule has 0 saturated heterocycles. The van der Waals surface area contributed by atoms with Gasteiger partial charge in [-0.05, 0) is 45.0 Å². The lowest BCUT2D eigenvalue weighted by Gasteiger charge is -2.09. The second-order valence-electron chi connectivity index (χ2n) is 5.89. The standard InChI is InChI=1S/C18H22N2O3/c1-10(2)17(21)19-14-6-8-15(9-7-14)20-18(22)16-11(3)12(4)23-13(16)5/h6-10H,1-5H3,(H,19,21)(H,20,22). The fourth-order valence-corrected chi connectivity index (χ4v) is 2.24. The van der Waals surface area contributed by atoms with Crippen LogP contribution in [0.4, 0.5) is 11.4 Å². The Labute approximate surface area is 136 Å². The van der Waals surface area contributed by atoms with Gasteiger partial charge in [-0.3, -0.25) is 9.59 Å². The van der Waals surface area contributed by atoms with Gasteiger partial charge in [0.1, 0.15) is 11.5 Å². The summed E-state index contributed by atoms with van der Waals surface area (Å²) >= 11 is 0. The molecule has 5 nitrogen and oxygen atoms in total. The van der Waals surface area contributed by atoms with Crippen LogP contribution in [0.3, 0.4) is 0 Å². The molecule has 0 fully saturated rings. The summed E-state index contributed by atoms with van der Waals surface area (Å²) in [7, 11) is 0. The summed E-state index contributed by atoms with van der Waals surface area (Å²) in [5, 5.41) is 5.65. The average Bonchev–Trinajstić information content (AvgIpc) is 2.74. The Balaban J connectivity index is 2.09. The average molecular weight is 314 g/mol. The maximum absolute atomic E-state index is 12.4. The van der Waals surface area contributed by atoms with Gasteiger partial charge in [-0.15, -0.1) is 0 Å². The second kappa shape index (κ2) is 6.69. The summed E-state index contributed by atoms with van der Waals surface area (Å²) in [5.41, 5.74) is 2.78. The van der Waals surface area contributed by atoms with Crippen molar-refractivity contribution < 1.29 is 14.0 Å². The van der Waals surface area contributed by atoms with E-state index in [1.54, 1.807) is 31.2 Å². The Morgan fingerprint density at radius 3 is 1.87 bits per heavy atom. The number of amides is 2. The van der Waals surface area contributed by atoms with Crippen molar-refractivity contribution in [2.45, 2.75) is 34.6 Å². The van der Waals surface area contributed by atoms with E-state index in [1.165, 1.54) is 0 Å². The number of furan rings is 1. The molecule has 1 aromatic carbocycles. The third-order valence-electron chi connectivity index (χ3n) is 3.72. The zero-order chi connectivity index (χ0) is 17.1. The minimum absolute atomic E-state index is 0.0399. The minimum Gasteiger partial charge on any atom is -0.466 e. The van der Waals surface area contributed by atoms with Gasteiger partial charge in [0.05, 0.1) is 5.56 Å². The highest BCUT2D eigenvalue weighted by molar-refractivity contribution is 6.06. The molecule has 0 radical (unpaired) electrons. The third-order valence-corrected chi connectivity index (χ3v) is 3.72. The lowest BCUT2D eigenvalue weighted by atomic mass is 10.1. The predicted molar refractivity (Wildman–Crippen MR) is 90.8 cm³/mol. The first-order valence-corrected chi connectivity index (χ1v) is 7.58. The maximum Gasteiger partial charge on any atom is 0.259 e. The highest BCUT2D eigenvalue weighted by atomic mass is 16.3. The van der Waals surface area contributed by atoms with E-state index >= 15 is 0 Å². The van der Waals surface area contributed by atoms with E-state index in [2.05, 4.69) is 10.6 Å². The summed E-state index contributed by atoms with van der Waals surface area (Å²) in [4.78, 5) is 24.0. The zero-order valence-electron chi connectivity index (χ0n) is 14.1. The highest BCUT2D eigenvalue weighted by Gasteiger charge is 2.18. The van der Waals surface area contributed by atoms with Crippen LogP contribution in [0.2, 0.25) is 0 Å². The zero-order valence-corrected chi connectivity index (χ0v) is 14.1. The Kier molecular flexibility index (Phi) is 4.89. The first-order chi connectivity index (χ1) is 10.8. The van der Waals surface area contributed by atoms with Crippen LogP contribution in [0.5, 0.6) is 0 Å². The van der Waals surface area contributed by atoms with Gasteiger partial charge in [0, 0.05) is 22.9 Å². The Hall–Kier alpha value is -2.56. The number of rotatable bonds is 4. The van der Waals surface area contributed by atoms with Gasteiger partial charge < -0.3 is 15.1 Å². The second-order valence-corrected chi connectivity index (χ2v) is 5.89. The topological polar surface area (TPSA) is 71.3 Å². The van der Waals surface area contributed by atoms with E-state index in [1.807, 2.05) is 27.7 Å². The van der Waals surface area contributed by atoms with Gasteiger partial charge in [-0.1, -0.05) is 13.8 Å². The molecule has 1 aromatic heterocycles. The van der Waals surface area contributed by atoms with Gasteiger partial charge >= 0.3 is 0 Å². The fourth-order valence-electron chi connectivity index (χ4n) is 2.24. The number of nitrogens with one attached hydrogen (secondary N) is 2. The summed E-state index contributed by atoms with van der Waals surface area (Å²) in [6.07, 6.45) is 0. The molecule has 2 rings (SSSR count). The van der Waals surface area contributed by atoms with Crippen molar-refractivity contribution in [1.29, 1.82) is 0 Å². The number of hydrogen-bond acceptors (Lipinski definition) is 3. The lowest BCUT2D eigenvalue weighted by molar-refractivity contribution is -0.118. The minimum atomic E-state index is -0.198. The van der Waals surface area contributed by atoms with Crippen LogP contribution in [0, 0.1) is 26.7 Å². The molecule has 0 aliphatic rings. The van der Waals surface area contributed by atoms with E-state index in [4.69, 9.17) is 4.42 Å². The molecule has 2 aromatic rings. The largest absolute Gasteiger partial charge is 0.466 e. The number of hydrogen-bond donors (Lipinski definition) is 2. The van der Waals surface area contributed by atoms with E-state index in [0.717, 1.165) is 11.3 Å². The predicted octanol–water partition coefficient (Wildman–Crippen LogP) is 4.05. The molecule has 0 saturated carbocycles. The van der Waals surface area contributed by atoms with Crippen molar-refractivity contribution in [2.75, 3.05) is 10.6 Å². The molecule has 0 spiro atoms. The first-order valence-electron chi connectivity index (χ1n) is 7.58. The first kappa shape index (κ1) is 16.8. The Morgan fingerprint density at radius 1 is 0.913 bits per heavy atom. The SMILES string of the molecule is Cc1oc(C)c(C(=O)Nc2ccc(NC(=O)C(C)C)cc2)c1C. The Morgan fingerprint density at radius 2 is 1.43 bits per heavy atom. The number of anilines is 2. The van der Waals surface area contributed by atoms with Crippen LogP contribution in [0.15, 0.2) is 28.7 Å². The molecular weight excluding hydrogens is 292 g/mol. The van der Waals surface area contributed by atoms with Crippen molar-refractivity contribution in [1.82, 2.24) is 0 Å². The fraction of sp³-hybridized carbons (Fsp3) is 0.333. The van der Waals surface area contributed by atoms with Gasteiger partial charge in [0.25, 0.3) is 5.91 Å². The van der Waals surface area contributed by atoms with E-state index in [9.17, 15) is 9.59 Å². The summed E-state index contributed by atoms with van der Waals surface area (Å²) in [5.74, 6) is 1.04. The molecule has 0 aliphatic heterocycles. The number of benzene rings is 1. The van der Waals surface area contributed by atoms with Crippen LogP contribution < -0.4 is 10.6 Å². The normalized spacial score (nSPS) is 10.7. The van der Waals surface area contributed by atoms with Crippen LogP contribution >= 0.6 is 0 Å². The molecule has 0 aliphatic carbocycles. The lowest BCUT2D eigenvalue weighted by Crippen LogP contribution is -2.17. The maximum atomic E-state index is 12.4. The van der Waals surface area contributed by atoms with Crippen molar-refractivity contribution in [3.8, 4) is 0 Å². The molecule has 23 heavy (non-hydrogen) atoms. The van der Waals surface area contributed by atoms with Crippen LogP contribution in [0.25, 0.3) is 0 Å². The molecule has 2 N–H and O–H groups in total. The van der Waals surface area contributed by atoms with Crippen molar-refractivity contribution in [2.24, 2.45) is 5.92 Å².